The molecule has 0 radical (unpaired) electrons. The molecular formula is C19H21N7O3. The van der Waals surface area contributed by atoms with Crippen LogP contribution in [0.2, 0.25) is 0 Å². The summed E-state index contributed by atoms with van der Waals surface area (Å²) in [5.74, 6) is 0.929. The Balaban J connectivity index is 1.37. The van der Waals surface area contributed by atoms with Gasteiger partial charge in [0.2, 0.25) is 0 Å². The van der Waals surface area contributed by atoms with E-state index >= 15 is 0 Å². The molecule has 1 saturated carbocycles. The van der Waals surface area contributed by atoms with Crippen molar-refractivity contribution in [3.63, 3.8) is 0 Å². The van der Waals surface area contributed by atoms with E-state index in [0.29, 0.717) is 43.5 Å². The molecule has 2 amide bonds. The minimum atomic E-state index is -0.382. The molecule has 2 aliphatic rings. The second kappa shape index (κ2) is 6.96. The molecule has 10 nitrogen and oxygen atoms in total. The minimum Gasteiger partial charge on any atom is -0.383 e. The van der Waals surface area contributed by atoms with Gasteiger partial charge in [0.15, 0.2) is 17.3 Å². The molecule has 150 valence electrons. The van der Waals surface area contributed by atoms with Crippen LogP contribution in [-0.2, 0) is 11.3 Å². The molecule has 29 heavy (non-hydrogen) atoms. The first kappa shape index (κ1) is 17.8. The number of hydrogen-bond donors (Lipinski definition) is 1. The van der Waals surface area contributed by atoms with Crippen LogP contribution in [-0.4, -0.2) is 67.7 Å². The predicted octanol–water partition coefficient (Wildman–Crippen LogP) is 1.16. The highest BCUT2D eigenvalue weighted by Crippen LogP contribution is 2.38. The average molecular weight is 395 g/mol. The molecule has 3 aromatic rings. The van der Waals surface area contributed by atoms with Crippen LogP contribution in [0.3, 0.4) is 0 Å². The molecule has 1 aliphatic carbocycles. The Kier molecular flexibility index (Phi) is 4.27. The number of rotatable bonds is 6. The van der Waals surface area contributed by atoms with Crippen molar-refractivity contribution in [2.75, 3.05) is 32.1 Å². The number of nitrogens with one attached hydrogen (secondary N) is 1. The standard InChI is InChI=1S/C19H21N7O3/c1-29-10-9-24-7-8-25-11-14(20-17(25)19(24)28)18(27)21-13-3-2-6-26-16(13)22-15(23-26)12-4-5-12/h2-3,6,11-12H,4-5,7-10H2,1H3,(H,21,27). The molecule has 1 fully saturated rings. The molecule has 0 aromatic carbocycles. The Morgan fingerprint density at radius 3 is 2.97 bits per heavy atom. The fraction of sp³-hybridized carbons (Fsp3) is 0.421. The van der Waals surface area contributed by atoms with Crippen LogP contribution >= 0.6 is 0 Å². The molecule has 5 rings (SSSR count). The number of carbonyl (C=O) groups excluding carboxylic acids is 2. The van der Waals surface area contributed by atoms with Crippen molar-refractivity contribution in [1.29, 1.82) is 0 Å². The molecule has 0 spiro atoms. The van der Waals surface area contributed by atoms with E-state index in [-0.39, 0.29) is 23.3 Å². The monoisotopic (exact) mass is 395 g/mol. The molecule has 0 saturated heterocycles. The van der Waals surface area contributed by atoms with Crippen LogP contribution < -0.4 is 5.32 Å². The topological polar surface area (TPSA) is 107 Å². The third-order valence-electron chi connectivity index (χ3n) is 5.23. The van der Waals surface area contributed by atoms with Gasteiger partial charge in [-0.25, -0.2) is 14.5 Å². The third-order valence-corrected chi connectivity index (χ3v) is 5.23. The van der Waals surface area contributed by atoms with E-state index in [4.69, 9.17) is 4.74 Å². The van der Waals surface area contributed by atoms with Crippen molar-refractivity contribution in [2.24, 2.45) is 0 Å². The van der Waals surface area contributed by atoms with E-state index in [9.17, 15) is 9.59 Å². The molecule has 10 heteroatoms. The van der Waals surface area contributed by atoms with Gasteiger partial charge in [-0.15, -0.1) is 0 Å². The summed E-state index contributed by atoms with van der Waals surface area (Å²) in [4.78, 5) is 35.9. The van der Waals surface area contributed by atoms with Crippen molar-refractivity contribution >= 4 is 23.1 Å². The maximum absolute atomic E-state index is 12.8. The van der Waals surface area contributed by atoms with Gasteiger partial charge in [0.05, 0.1) is 12.3 Å². The first-order valence-corrected chi connectivity index (χ1v) is 9.66. The molecular weight excluding hydrogens is 374 g/mol. The Labute approximate surface area is 166 Å². The fourth-order valence-corrected chi connectivity index (χ4v) is 3.47. The van der Waals surface area contributed by atoms with Gasteiger partial charge >= 0.3 is 0 Å². The van der Waals surface area contributed by atoms with Crippen LogP contribution in [0.4, 0.5) is 5.69 Å². The van der Waals surface area contributed by atoms with Crippen molar-refractivity contribution in [3.05, 3.63) is 41.9 Å². The lowest BCUT2D eigenvalue weighted by Gasteiger charge is -2.26. The van der Waals surface area contributed by atoms with Gasteiger partial charge in [-0.1, -0.05) is 0 Å². The first-order valence-electron chi connectivity index (χ1n) is 9.66. The van der Waals surface area contributed by atoms with Gasteiger partial charge in [-0.3, -0.25) is 9.59 Å². The highest BCUT2D eigenvalue weighted by molar-refractivity contribution is 6.05. The van der Waals surface area contributed by atoms with Gasteiger partial charge in [0, 0.05) is 45.1 Å². The molecule has 1 N–H and O–H groups in total. The van der Waals surface area contributed by atoms with Gasteiger partial charge in [0.1, 0.15) is 5.69 Å². The summed E-state index contributed by atoms with van der Waals surface area (Å²) in [6, 6.07) is 3.59. The maximum Gasteiger partial charge on any atom is 0.290 e. The summed E-state index contributed by atoms with van der Waals surface area (Å²) in [5.41, 5.74) is 1.37. The van der Waals surface area contributed by atoms with E-state index in [1.54, 1.807) is 33.4 Å². The zero-order chi connectivity index (χ0) is 20.0. The van der Waals surface area contributed by atoms with E-state index in [2.05, 4.69) is 20.4 Å². The second-order valence-corrected chi connectivity index (χ2v) is 7.32. The number of anilines is 1. The Morgan fingerprint density at radius 2 is 2.17 bits per heavy atom. The third kappa shape index (κ3) is 3.25. The lowest BCUT2D eigenvalue weighted by Crippen LogP contribution is -2.42. The van der Waals surface area contributed by atoms with Crippen molar-refractivity contribution < 1.29 is 14.3 Å². The van der Waals surface area contributed by atoms with Gasteiger partial charge in [0.25, 0.3) is 11.8 Å². The number of hydrogen-bond acceptors (Lipinski definition) is 6. The van der Waals surface area contributed by atoms with E-state index in [1.165, 1.54) is 0 Å². The number of amides is 2. The molecule has 0 bridgehead atoms. The van der Waals surface area contributed by atoms with Crippen molar-refractivity contribution in [3.8, 4) is 0 Å². The van der Waals surface area contributed by atoms with Gasteiger partial charge < -0.3 is 19.5 Å². The quantitative estimate of drug-likeness (QED) is 0.671. The maximum atomic E-state index is 12.8. The summed E-state index contributed by atoms with van der Waals surface area (Å²) < 4.78 is 8.45. The first-order chi connectivity index (χ1) is 14.1. The van der Waals surface area contributed by atoms with Crippen LogP contribution in [0.15, 0.2) is 24.5 Å². The Hall–Kier alpha value is -3.27. The largest absolute Gasteiger partial charge is 0.383 e. The SMILES string of the molecule is COCCN1CCn2cc(C(=O)Nc3cccn4nc(C5CC5)nc34)nc2C1=O. The fourth-order valence-electron chi connectivity index (χ4n) is 3.47. The van der Waals surface area contributed by atoms with Gasteiger partial charge in [-0.2, -0.15) is 5.10 Å². The van der Waals surface area contributed by atoms with E-state index in [1.807, 2.05) is 12.3 Å². The number of pyridine rings is 1. The van der Waals surface area contributed by atoms with Gasteiger partial charge in [-0.05, 0) is 25.0 Å². The van der Waals surface area contributed by atoms with Crippen LogP contribution in [0.1, 0.15) is 45.7 Å². The van der Waals surface area contributed by atoms with E-state index in [0.717, 1.165) is 18.7 Å². The number of methoxy groups -OCH3 is 1. The highest BCUT2D eigenvalue weighted by Gasteiger charge is 2.30. The number of ether oxygens (including phenoxy) is 1. The second-order valence-electron chi connectivity index (χ2n) is 7.32. The summed E-state index contributed by atoms with van der Waals surface area (Å²) >= 11 is 0. The summed E-state index contributed by atoms with van der Waals surface area (Å²) in [5, 5.41) is 7.35. The number of carbonyl (C=O) groups is 2. The number of nitrogens with zero attached hydrogens (tertiary/aromatic N) is 6. The number of fused-ring (bicyclic) bond motifs is 2. The van der Waals surface area contributed by atoms with E-state index < -0.39 is 0 Å². The van der Waals surface area contributed by atoms with Crippen LogP contribution in [0.5, 0.6) is 0 Å². The normalized spacial score (nSPS) is 16.3. The molecule has 0 atom stereocenters. The summed E-state index contributed by atoms with van der Waals surface area (Å²) in [6.07, 6.45) is 5.64. The Bertz CT molecular complexity index is 1100. The van der Waals surface area contributed by atoms with Crippen LogP contribution in [0.25, 0.3) is 5.65 Å². The highest BCUT2D eigenvalue weighted by atomic mass is 16.5. The average Bonchev–Trinajstić information content (AvgIpc) is 3.32. The molecule has 1 aliphatic heterocycles. The smallest absolute Gasteiger partial charge is 0.290 e. The predicted molar refractivity (Wildman–Crippen MR) is 103 cm³/mol. The molecule has 3 aromatic heterocycles. The zero-order valence-electron chi connectivity index (χ0n) is 16.0. The number of aromatic nitrogens is 5. The summed E-state index contributed by atoms with van der Waals surface area (Å²) in [6.45, 7) is 2.12. The zero-order valence-corrected chi connectivity index (χ0v) is 16.0. The van der Waals surface area contributed by atoms with Crippen molar-refractivity contribution in [2.45, 2.75) is 25.3 Å². The molecule has 0 unspecified atom stereocenters. The van der Waals surface area contributed by atoms with Crippen LogP contribution in [0, 0.1) is 0 Å². The lowest BCUT2D eigenvalue weighted by molar-refractivity contribution is 0.0633. The minimum absolute atomic E-state index is 0.194. The lowest BCUT2D eigenvalue weighted by atomic mass is 10.3. The Morgan fingerprint density at radius 1 is 1.31 bits per heavy atom. The summed E-state index contributed by atoms with van der Waals surface area (Å²) in [7, 11) is 1.60. The van der Waals surface area contributed by atoms with Crippen molar-refractivity contribution in [1.82, 2.24) is 29.0 Å². The molecule has 4 heterocycles. The number of imidazole rings is 1.